The smallest absolute Gasteiger partial charge is 0.0443 e. The fourth-order valence-corrected chi connectivity index (χ4v) is 1.13. The van der Waals surface area contributed by atoms with E-state index in [0.717, 1.165) is 11.8 Å². The van der Waals surface area contributed by atoms with Gasteiger partial charge in [-0.05, 0) is 11.8 Å². The fourth-order valence-electron chi connectivity index (χ4n) is 1.13. The summed E-state index contributed by atoms with van der Waals surface area (Å²) in [6.45, 7) is 21.7. The van der Waals surface area contributed by atoms with E-state index in [9.17, 15) is 0 Å². The van der Waals surface area contributed by atoms with Crippen molar-refractivity contribution in [2.24, 2.45) is 11.8 Å². The third-order valence-corrected chi connectivity index (χ3v) is 2.06. The first-order valence-electron chi connectivity index (χ1n) is 8.45. The van der Waals surface area contributed by atoms with Gasteiger partial charge in [0.05, 0.1) is 0 Å². The summed E-state index contributed by atoms with van der Waals surface area (Å²) in [5.74, 6) is 1.80. The highest BCUT2D eigenvalue weighted by Crippen LogP contribution is 2.10. The normalized spacial score (nSPS) is 8.67. The summed E-state index contributed by atoms with van der Waals surface area (Å²) in [6, 6.07) is 0. The van der Waals surface area contributed by atoms with Crippen LogP contribution >= 0.6 is 0 Å². The summed E-state index contributed by atoms with van der Waals surface area (Å²) in [5, 5.41) is 0. The lowest BCUT2D eigenvalue weighted by atomic mass is 10.0. The van der Waals surface area contributed by atoms with Gasteiger partial charge in [0.15, 0.2) is 0 Å². The van der Waals surface area contributed by atoms with E-state index < -0.39 is 0 Å². The minimum Gasteiger partial charge on any atom is -0.0683 e. The Balaban J connectivity index is -0.0000000834. The fraction of sp³-hybridized carbons (Fsp3) is 1.00. The number of unbranched alkanes of at least 4 members (excludes halogenated alkanes) is 1. The molecule has 0 atom stereocenters. The molecule has 0 heterocycles. The second-order valence-electron chi connectivity index (χ2n) is 5.41. The molecular weight excluding hydrogens is 216 g/mol. The molecular formula is C18H44. The molecule has 0 N–H and O–H groups in total. The standard InChI is InChI=1S/C8H18.2C4H10.C2H6/c1-4-6-8(3)7-5-2;1-4(2)3;1-3-4-2;1-2/h8H,4-7H2,1-3H3;4H,1-3H3;3-4H2,1-2H3;1-2H3. The molecule has 0 aliphatic carbocycles. The van der Waals surface area contributed by atoms with Gasteiger partial charge in [0.1, 0.15) is 0 Å². The molecule has 0 aliphatic heterocycles. The summed E-state index contributed by atoms with van der Waals surface area (Å²) >= 11 is 0. The van der Waals surface area contributed by atoms with Crippen molar-refractivity contribution < 1.29 is 0 Å². The number of hydrogen-bond donors (Lipinski definition) is 0. The van der Waals surface area contributed by atoms with Gasteiger partial charge in [0, 0.05) is 0 Å². The Morgan fingerprint density at radius 3 is 0.889 bits per heavy atom. The molecule has 0 bridgehead atoms. The van der Waals surface area contributed by atoms with Gasteiger partial charge in [-0.15, -0.1) is 0 Å². The van der Waals surface area contributed by atoms with Crippen LogP contribution in [-0.2, 0) is 0 Å². The maximum absolute atomic E-state index is 2.34. The van der Waals surface area contributed by atoms with Gasteiger partial charge in [0.2, 0.25) is 0 Å². The molecule has 0 aromatic rings. The minimum absolute atomic E-state index is 0.833. The molecule has 0 saturated heterocycles. The highest BCUT2D eigenvalue weighted by atomic mass is 14.0. The van der Waals surface area contributed by atoms with Crippen molar-refractivity contribution in [3.05, 3.63) is 0 Å². The van der Waals surface area contributed by atoms with E-state index in [4.69, 9.17) is 0 Å². The maximum atomic E-state index is 2.34. The van der Waals surface area contributed by atoms with E-state index in [1.54, 1.807) is 0 Å². The zero-order valence-corrected chi connectivity index (χ0v) is 15.4. The average molecular weight is 261 g/mol. The molecule has 0 heteroatoms. The molecule has 116 valence electrons. The Labute approximate surface area is 120 Å². The van der Waals surface area contributed by atoms with Crippen LogP contribution in [0.15, 0.2) is 0 Å². The molecule has 0 aromatic heterocycles. The van der Waals surface area contributed by atoms with Crippen LogP contribution in [0.25, 0.3) is 0 Å². The summed E-state index contributed by atoms with van der Waals surface area (Å²) in [4.78, 5) is 0. The average Bonchev–Trinajstić information content (AvgIpc) is 2.32. The molecule has 0 aromatic carbocycles. The first-order valence-corrected chi connectivity index (χ1v) is 8.45. The molecule has 0 saturated carbocycles. The summed E-state index contributed by atoms with van der Waals surface area (Å²) in [5.41, 5.74) is 0. The van der Waals surface area contributed by atoms with Crippen molar-refractivity contribution >= 4 is 0 Å². The summed E-state index contributed by atoms with van der Waals surface area (Å²) in [6.07, 6.45) is 8.16. The van der Waals surface area contributed by atoms with E-state index >= 15 is 0 Å². The van der Waals surface area contributed by atoms with Crippen LogP contribution in [0.2, 0.25) is 0 Å². The van der Waals surface area contributed by atoms with Crippen LogP contribution in [0.4, 0.5) is 0 Å². The Morgan fingerprint density at radius 1 is 0.556 bits per heavy atom. The maximum Gasteiger partial charge on any atom is -0.0443 e. The topological polar surface area (TPSA) is 0 Å². The van der Waals surface area contributed by atoms with Gasteiger partial charge in [-0.25, -0.2) is 0 Å². The van der Waals surface area contributed by atoms with Crippen LogP contribution in [0.1, 0.15) is 108 Å². The van der Waals surface area contributed by atoms with Crippen LogP contribution in [0.3, 0.4) is 0 Å². The van der Waals surface area contributed by atoms with Crippen LogP contribution in [0.5, 0.6) is 0 Å². The van der Waals surface area contributed by atoms with E-state index in [-0.39, 0.29) is 0 Å². The molecule has 0 unspecified atom stereocenters. The zero-order chi connectivity index (χ0) is 15.4. The van der Waals surface area contributed by atoms with Crippen molar-refractivity contribution in [3.63, 3.8) is 0 Å². The molecule has 0 amide bonds. The molecule has 0 radical (unpaired) electrons. The quantitative estimate of drug-likeness (QED) is 0.474. The van der Waals surface area contributed by atoms with E-state index in [0.29, 0.717) is 0 Å². The third-order valence-electron chi connectivity index (χ3n) is 2.06. The highest BCUT2D eigenvalue weighted by molar-refractivity contribution is 4.48. The van der Waals surface area contributed by atoms with Crippen LogP contribution < -0.4 is 0 Å². The van der Waals surface area contributed by atoms with Gasteiger partial charge < -0.3 is 0 Å². The molecule has 0 spiro atoms. The summed E-state index contributed by atoms with van der Waals surface area (Å²) in [7, 11) is 0. The molecule has 18 heavy (non-hydrogen) atoms. The lowest BCUT2D eigenvalue weighted by molar-refractivity contribution is 0.480. The van der Waals surface area contributed by atoms with Gasteiger partial charge in [-0.2, -0.15) is 0 Å². The van der Waals surface area contributed by atoms with E-state index in [2.05, 4.69) is 55.4 Å². The Morgan fingerprint density at radius 2 is 0.778 bits per heavy atom. The summed E-state index contributed by atoms with van der Waals surface area (Å²) < 4.78 is 0. The highest BCUT2D eigenvalue weighted by Gasteiger charge is 1.95. The van der Waals surface area contributed by atoms with Crippen LogP contribution in [-0.4, -0.2) is 0 Å². The molecule has 0 nitrogen and oxygen atoms in total. The van der Waals surface area contributed by atoms with Crippen molar-refractivity contribution in [1.29, 1.82) is 0 Å². The number of hydrogen-bond acceptors (Lipinski definition) is 0. The first kappa shape index (κ1) is 26.5. The second-order valence-corrected chi connectivity index (χ2v) is 5.41. The Bertz CT molecular complexity index is 73.3. The number of rotatable bonds is 5. The molecule has 0 rings (SSSR count). The van der Waals surface area contributed by atoms with Gasteiger partial charge in [-0.1, -0.05) is 108 Å². The lowest BCUT2D eigenvalue weighted by Gasteiger charge is -2.05. The van der Waals surface area contributed by atoms with Gasteiger partial charge in [0.25, 0.3) is 0 Å². The lowest BCUT2D eigenvalue weighted by Crippen LogP contribution is -1.91. The van der Waals surface area contributed by atoms with Gasteiger partial charge >= 0.3 is 0 Å². The monoisotopic (exact) mass is 260 g/mol. The van der Waals surface area contributed by atoms with Crippen molar-refractivity contribution in [3.8, 4) is 0 Å². The molecule has 0 aliphatic rings. The predicted molar refractivity (Wildman–Crippen MR) is 91.4 cm³/mol. The Kier molecular flexibility index (Phi) is 44.6. The van der Waals surface area contributed by atoms with Crippen LogP contribution in [0, 0.1) is 11.8 Å². The SMILES string of the molecule is CC.CC(C)C.CCCC.CCCC(C)CCC. The first-order chi connectivity index (χ1) is 8.45. The van der Waals surface area contributed by atoms with Crippen molar-refractivity contribution in [1.82, 2.24) is 0 Å². The third kappa shape index (κ3) is 73.5. The van der Waals surface area contributed by atoms with E-state index in [1.165, 1.54) is 38.5 Å². The largest absolute Gasteiger partial charge is 0.0683 e. The van der Waals surface area contributed by atoms with Gasteiger partial charge in [-0.3, -0.25) is 0 Å². The Hall–Kier alpha value is 0. The van der Waals surface area contributed by atoms with Crippen molar-refractivity contribution in [2.45, 2.75) is 108 Å². The zero-order valence-electron chi connectivity index (χ0n) is 15.4. The predicted octanol–water partition coefficient (Wildman–Crippen LogP) is 7.72. The molecule has 0 fully saturated rings. The van der Waals surface area contributed by atoms with E-state index in [1.807, 2.05) is 13.8 Å². The second kappa shape index (κ2) is 30.2. The van der Waals surface area contributed by atoms with Crippen molar-refractivity contribution in [2.75, 3.05) is 0 Å². The minimum atomic E-state index is 0.833.